The van der Waals surface area contributed by atoms with Crippen molar-refractivity contribution in [2.45, 2.75) is 6.42 Å². The molecule has 166 valence electrons. The summed E-state index contributed by atoms with van der Waals surface area (Å²) in [6.07, 6.45) is 0.252. The van der Waals surface area contributed by atoms with Crippen LogP contribution in [0.2, 0.25) is 0 Å². The molecule has 0 amide bonds. The Morgan fingerprint density at radius 2 is 1.20 bits per heavy atom. The van der Waals surface area contributed by atoms with Crippen molar-refractivity contribution in [1.82, 2.24) is 0 Å². The minimum atomic E-state index is -0.255. The third-order valence-electron chi connectivity index (χ3n) is 4.25. The zero-order chi connectivity index (χ0) is 21.3. The average Bonchev–Trinajstić information content (AvgIpc) is 2.76. The Bertz CT molecular complexity index is 714. The van der Waals surface area contributed by atoms with E-state index in [1.165, 1.54) is 0 Å². The normalized spacial score (nSPS) is 11.1. The van der Waals surface area contributed by atoms with Gasteiger partial charge < -0.3 is 28.4 Å². The Morgan fingerprint density at radius 3 is 1.83 bits per heavy atom. The minimum Gasteiger partial charge on any atom is -0.463 e. The van der Waals surface area contributed by atoms with Gasteiger partial charge in [-0.1, -0.05) is 42.5 Å². The molecule has 0 aliphatic carbocycles. The number of hydrogen-bond donors (Lipinski definition) is 0. The minimum absolute atomic E-state index is 0.232. The van der Waals surface area contributed by atoms with Gasteiger partial charge >= 0.3 is 5.97 Å². The highest BCUT2D eigenvalue weighted by molar-refractivity contribution is 5.88. The van der Waals surface area contributed by atoms with Gasteiger partial charge in [-0.25, -0.2) is 0 Å². The lowest BCUT2D eigenvalue weighted by Crippen LogP contribution is -2.15. The fourth-order valence-electron chi connectivity index (χ4n) is 2.77. The van der Waals surface area contributed by atoms with Crippen LogP contribution in [0.15, 0.2) is 42.5 Å². The van der Waals surface area contributed by atoms with Crippen molar-refractivity contribution in [2.24, 2.45) is 0 Å². The Labute approximate surface area is 178 Å². The van der Waals surface area contributed by atoms with Crippen LogP contribution in [-0.4, -0.2) is 79.1 Å². The molecule has 0 radical (unpaired) electrons. The lowest BCUT2D eigenvalue weighted by atomic mass is 10.0. The third kappa shape index (κ3) is 10.1. The van der Waals surface area contributed by atoms with E-state index in [-0.39, 0.29) is 19.0 Å². The Hall–Kier alpha value is -2.03. The van der Waals surface area contributed by atoms with Crippen LogP contribution in [0.25, 0.3) is 10.8 Å². The van der Waals surface area contributed by atoms with E-state index in [4.69, 9.17) is 28.4 Å². The van der Waals surface area contributed by atoms with Gasteiger partial charge in [0.1, 0.15) is 6.61 Å². The number of methoxy groups -OCH3 is 1. The van der Waals surface area contributed by atoms with Crippen molar-refractivity contribution in [2.75, 3.05) is 73.2 Å². The molecule has 0 aromatic heterocycles. The summed E-state index contributed by atoms with van der Waals surface area (Å²) in [5.74, 6) is -0.255. The van der Waals surface area contributed by atoms with E-state index in [1.54, 1.807) is 7.11 Å². The Kier molecular flexibility index (Phi) is 12.7. The summed E-state index contributed by atoms with van der Waals surface area (Å²) in [5, 5.41) is 2.19. The van der Waals surface area contributed by atoms with Crippen LogP contribution >= 0.6 is 0 Å². The molecule has 30 heavy (non-hydrogen) atoms. The molecule has 0 heterocycles. The van der Waals surface area contributed by atoms with E-state index in [2.05, 4.69) is 0 Å². The number of hydrogen-bond acceptors (Lipinski definition) is 7. The van der Waals surface area contributed by atoms with E-state index in [0.29, 0.717) is 59.5 Å². The first-order valence-electron chi connectivity index (χ1n) is 10.2. The summed E-state index contributed by atoms with van der Waals surface area (Å²) in [6.45, 7) is 4.76. The topological polar surface area (TPSA) is 72.5 Å². The van der Waals surface area contributed by atoms with Gasteiger partial charge in [0.25, 0.3) is 0 Å². The number of carbonyl (C=O) groups is 1. The first-order valence-corrected chi connectivity index (χ1v) is 10.2. The summed E-state index contributed by atoms with van der Waals surface area (Å²) in [5.41, 5.74) is 0.969. The Balaban J connectivity index is 1.41. The lowest BCUT2D eigenvalue weighted by Gasteiger charge is -2.09. The molecule has 0 aliphatic rings. The number of rotatable bonds is 17. The summed E-state index contributed by atoms with van der Waals surface area (Å²) in [4.78, 5) is 12.1. The average molecular weight is 421 g/mol. The summed E-state index contributed by atoms with van der Waals surface area (Å²) in [7, 11) is 1.64. The highest BCUT2D eigenvalue weighted by atomic mass is 16.6. The monoisotopic (exact) mass is 420 g/mol. The van der Waals surface area contributed by atoms with E-state index >= 15 is 0 Å². The molecule has 0 fully saturated rings. The van der Waals surface area contributed by atoms with E-state index in [9.17, 15) is 4.79 Å². The largest absolute Gasteiger partial charge is 0.463 e. The number of benzene rings is 2. The van der Waals surface area contributed by atoms with Crippen molar-refractivity contribution in [3.8, 4) is 0 Å². The molecular formula is C23H32O7. The van der Waals surface area contributed by atoms with Gasteiger partial charge in [0.15, 0.2) is 0 Å². The summed E-state index contributed by atoms with van der Waals surface area (Å²) >= 11 is 0. The van der Waals surface area contributed by atoms with E-state index in [1.807, 2.05) is 42.5 Å². The van der Waals surface area contributed by atoms with Crippen LogP contribution in [0.1, 0.15) is 5.56 Å². The van der Waals surface area contributed by atoms with Crippen molar-refractivity contribution in [3.63, 3.8) is 0 Å². The van der Waals surface area contributed by atoms with Crippen LogP contribution in [-0.2, 0) is 39.6 Å². The molecule has 7 nitrogen and oxygen atoms in total. The fourth-order valence-corrected chi connectivity index (χ4v) is 2.77. The zero-order valence-electron chi connectivity index (χ0n) is 17.7. The van der Waals surface area contributed by atoms with Crippen molar-refractivity contribution >= 4 is 16.7 Å². The molecule has 0 aliphatic heterocycles. The van der Waals surface area contributed by atoms with Gasteiger partial charge in [0, 0.05) is 7.11 Å². The molecule has 0 bridgehead atoms. The molecule has 0 saturated carbocycles. The van der Waals surface area contributed by atoms with Crippen molar-refractivity contribution < 1.29 is 33.2 Å². The Morgan fingerprint density at radius 1 is 0.667 bits per heavy atom. The van der Waals surface area contributed by atoms with Crippen LogP contribution in [0.5, 0.6) is 0 Å². The second-order valence-electron chi connectivity index (χ2n) is 6.48. The molecule has 0 atom stereocenters. The van der Waals surface area contributed by atoms with E-state index in [0.717, 1.165) is 16.3 Å². The molecule has 0 N–H and O–H groups in total. The number of carbonyl (C=O) groups excluding carboxylic acids is 1. The number of esters is 1. The van der Waals surface area contributed by atoms with Crippen LogP contribution in [0, 0.1) is 0 Å². The predicted octanol–water partition coefficient (Wildman–Crippen LogP) is 2.64. The predicted molar refractivity (Wildman–Crippen MR) is 114 cm³/mol. The van der Waals surface area contributed by atoms with Crippen molar-refractivity contribution in [3.05, 3.63) is 48.0 Å². The quantitative estimate of drug-likeness (QED) is 0.288. The van der Waals surface area contributed by atoms with Gasteiger partial charge in [-0.2, -0.15) is 0 Å². The molecule has 2 aromatic rings. The van der Waals surface area contributed by atoms with Crippen molar-refractivity contribution in [1.29, 1.82) is 0 Å². The number of ether oxygens (including phenoxy) is 6. The molecule has 0 spiro atoms. The van der Waals surface area contributed by atoms with Crippen LogP contribution in [0.4, 0.5) is 0 Å². The highest BCUT2D eigenvalue weighted by Gasteiger charge is 2.07. The molecule has 0 saturated heterocycles. The molecule has 2 aromatic carbocycles. The second-order valence-corrected chi connectivity index (χ2v) is 6.48. The second kappa shape index (κ2) is 15.8. The maximum Gasteiger partial charge on any atom is 0.310 e. The van der Waals surface area contributed by atoms with Crippen LogP contribution in [0.3, 0.4) is 0 Å². The lowest BCUT2D eigenvalue weighted by molar-refractivity contribution is -0.144. The maximum absolute atomic E-state index is 12.1. The summed E-state index contributed by atoms with van der Waals surface area (Å²) < 4.78 is 31.6. The van der Waals surface area contributed by atoms with Crippen LogP contribution < -0.4 is 0 Å². The SMILES string of the molecule is COCCOCCOCCOCCOCCOC(=O)Cc1cccc2ccccc12. The first-order chi connectivity index (χ1) is 14.8. The molecule has 7 heteroatoms. The van der Waals surface area contributed by atoms with Gasteiger partial charge in [0.05, 0.1) is 65.9 Å². The summed E-state index contributed by atoms with van der Waals surface area (Å²) in [6, 6.07) is 13.9. The van der Waals surface area contributed by atoms with Gasteiger partial charge in [-0.15, -0.1) is 0 Å². The standard InChI is InChI=1S/C23H32O7/c1-25-9-10-26-11-12-27-13-14-28-15-16-29-17-18-30-23(24)19-21-7-4-6-20-5-2-3-8-22(20)21/h2-8H,9-19H2,1H3. The number of fused-ring (bicyclic) bond motifs is 1. The third-order valence-corrected chi connectivity index (χ3v) is 4.25. The first kappa shape index (κ1) is 24.2. The fraction of sp³-hybridized carbons (Fsp3) is 0.522. The smallest absolute Gasteiger partial charge is 0.310 e. The molecule has 2 rings (SSSR count). The van der Waals surface area contributed by atoms with Gasteiger partial charge in [-0.3, -0.25) is 4.79 Å². The molecule has 0 unspecified atom stereocenters. The maximum atomic E-state index is 12.1. The van der Waals surface area contributed by atoms with E-state index < -0.39 is 0 Å². The highest BCUT2D eigenvalue weighted by Crippen LogP contribution is 2.19. The van der Waals surface area contributed by atoms with Gasteiger partial charge in [0.2, 0.25) is 0 Å². The van der Waals surface area contributed by atoms with Gasteiger partial charge in [-0.05, 0) is 16.3 Å². The molecular weight excluding hydrogens is 388 g/mol. The zero-order valence-corrected chi connectivity index (χ0v) is 17.7.